The molecule has 0 aliphatic carbocycles. The van der Waals surface area contributed by atoms with Crippen molar-refractivity contribution in [3.05, 3.63) is 29.6 Å². The van der Waals surface area contributed by atoms with Gasteiger partial charge in [-0.25, -0.2) is 13.8 Å². The minimum absolute atomic E-state index is 0.00454. The van der Waals surface area contributed by atoms with Crippen LogP contribution >= 0.6 is 11.6 Å². The van der Waals surface area contributed by atoms with E-state index in [0.717, 1.165) is 6.07 Å². The minimum Gasteiger partial charge on any atom is -0.323 e. The zero-order valence-corrected chi connectivity index (χ0v) is 13.1. The second-order valence-corrected chi connectivity index (χ2v) is 6.91. The van der Waals surface area contributed by atoms with Crippen molar-refractivity contribution >= 4 is 22.6 Å². The maximum Gasteiger partial charge on any atom is 0.153 e. The molecule has 0 fully saturated rings. The van der Waals surface area contributed by atoms with Gasteiger partial charge in [-0.15, -0.1) is 11.6 Å². The normalized spacial score (nSPS) is 15.6. The first-order chi connectivity index (χ1) is 9.12. The van der Waals surface area contributed by atoms with Crippen LogP contribution in [-0.2, 0) is 0 Å². The third-order valence-corrected chi connectivity index (χ3v) is 3.93. The Morgan fingerprint density at radius 1 is 1.20 bits per heavy atom. The van der Waals surface area contributed by atoms with Crippen LogP contribution in [0.3, 0.4) is 0 Å². The summed E-state index contributed by atoms with van der Waals surface area (Å²) in [6.45, 7) is 10.0. The van der Waals surface area contributed by atoms with Crippen molar-refractivity contribution in [3.8, 4) is 0 Å². The van der Waals surface area contributed by atoms with Crippen LogP contribution in [0, 0.1) is 17.0 Å². The van der Waals surface area contributed by atoms with Gasteiger partial charge in [-0.2, -0.15) is 0 Å². The quantitative estimate of drug-likeness (QED) is 0.695. The number of hydrogen-bond donors (Lipinski definition) is 0. The van der Waals surface area contributed by atoms with Crippen LogP contribution in [0.2, 0.25) is 0 Å². The van der Waals surface area contributed by atoms with Crippen LogP contribution in [0.15, 0.2) is 12.1 Å². The average molecular weight is 301 g/mol. The standard InChI is InChI=1S/C15H19ClF2N2/c1-8(16)14-19-13-11(18)6-10(17)7-12(13)20(14)9(2)15(3,4)5/h6-9H,1-5H3. The van der Waals surface area contributed by atoms with Gasteiger partial charge in [0.15, 0.2) is 5.82 Å². The molecule has 0 saturated heterocycles. The molecule has 1 aromatic heterocycles. The van der Waals surface area contributed by atoms with Crippen LogP contribution < -0.4 is 0 Å². The maximum atomic E-state index is 13.9. The molecule has 0 spiro atoms. The Balaban J connectivity index is 2.82. The second-order valence-electron chi connectivity index (χ2n) is 6.25. The van der Waals surface area contributed by atoms with E-state index in [9.17, 15) is 8.78 Å². The second kappa shape index (κ2) is 4.99. The first-order valence-electron chi connectivity index (χ1n) is 6.64. The molecule has 0 amide bonds. The zero-order chi connectivity index (χ0) is 15.2. The first-order valence-corrected chi connectivity index (χ1v) is 7.07. The van der Waals surface area contributed by atoms with Crippen LogP contribution in [0.5, 0.6) is 0 Å². The number of rotatable bonds is 2. The molecule has 1 aromatic carbocycles. The predicted molar refractivity (Wildman–Crippen MR) is 78.1 cm³/mol. The smallest absolute Gasteiger partial charge is 0.153 e. The van der Waals surface area contributed by atoms with Crippen molar-refractivity contribution in [3.63, 3.8) is 0 Å². The minimum atomic E-state index is -0.654. The lowest BCUT2D eigenvalue weighted by molar-refractivity contribution is 0.262. The van der Waals surface area contributed by atoms with E-state index in [1.165, 1.54) is 6.07 Å². The fourth-order valence-electron chi connectivity index (χ4n) is 2.21. The van der Waals surface area contributed by atoms with E-state index in [4.69, 9.17) is 11.6 Å². The highest BCUT2D eigenvalue weighted by atomic mass is 35.5. The molecule has 20 heavy (non-hydrogen) atoms. The Bertz CT molecular complexity index is 641. The van der Waals surface area contributed by atoms with E-state index in [0.29, 0.717) is 11.3 Å². The third kappa shape index (κ3) is 2.53. The summed E-state index contributed by atoms with van der Waals surface area (Å²) in [5.41, 5.74) is 0.536. The number of benzene rings is 1. The van der Waals surface area contributed by atoms with Gasteiger partial charge in [0.05, 0.1) is 10.9 Å². The summed E-state index contributed by atoms with van der Waals surface area (Å²) in [6.07, 6.45) is 0. The molecular weight excluding hydrogens is 282 g/mol. The number of alkyl halides is 1. The Morgan fingerprint density at radius 2 is 1.80 bits per heavy atom. The summed E-state index contributed by atoms with van der Waals surface area (Å²) >= 11 is 6.17. The molecule has 0 saturated carbocycles. The number of imidazole rings is 1. The lowest BCUT2D eigenvalue weighted by Gasteiger charge is -2.30. The molecule has 2 nitrogen and oxygen atoms in total. The van der Waals surface area contributed by atoms with Crippen LogP contribution in [0.25, 0.3) is 11.0 Å². The summed E-state index contributed by atoms with van der Waals surface area (Å²) in [5.74, 6) is -0.696. The highest BCUT2D eigenvalue weighted by Gasteiger charge is 2.28. The van der Waals surface area contributed by atoms with Gasteiger partial charge in [-0.3, -0.25) is 0 Å². The molecule has 0 N–H and O–H groups in total. The van der Waals surface area contributed by atoms with E-state index in [1.54, 1.807) is 6.92 Å². The third-order valence-electron chi connectivity index (χ3n) is 3.74. The predicted octanol–water partition coefficient (Wildman–Crippen LogP) is 5.22. The largest absolute Gasteiger partial charge is 0.323 e. The highest BCUT2D eigenvalue weighted by molar-refractivity contribution is 6.20. The average Bonchev–Trinajstić information content (AvgIpc) is 2.66. The zero-order valence-electron chi connectivity index (χ0n) is 12.3. The summed E-state index contributed by atoms with van der Waals surface area (Å²) in [4.78, 5) is 4.28. The summed E-state index contributed by atoms with van der Waals surface area (Å²) < 4.78 is 29.3. The molecular formula is C15H19ClF2N2. The maximum absolute atomic E-state index is 13.9. The van der Waals surface area contributed by atoms with E-state index < -0.39 is 11.6 Å². The summed E-state index contributed by atoms with van der Waals surface area (Å²) in [6, 6.07) is 2.17. The van der Waals surface area contributed by atoms with E-state index >= 15 is 0 Å². The number of aromatic nitrogens is 2. The first kappa shape index (κ1) is 15.2. The molecule has 1 heterocycles. The molecule has 2 aromatic rings. The highest BCUT2D eigenvalue weighted by Crippen LogP contribution is 2.37. The molecule has 0 radical (unpaired) electrons. The number of halogens is 3. The summed E-state index contributed by atoms with van der Waals surface area (Å²) in [5, 5.41) is -0.380. The van der Waals surface area contributed by atoms with Crippen LogP contribution in [0.4, 0.5) is 8.78 Å². The fraction of sp³-hybridized carbons (Fsp3) is 0.533. The molecule has 2 atom stereocenters. The lowest BCUT2D eigenvalue weighted by atomic mass is 9.87. The van der Waals surface area contributed by atoms with E-state index in [1.807, 2.05) is 11.5 Å². The Hall–Kier alpha value is -1.16. The number of nitrogens with zero attached hydrogens (tertiary/aromatic N) is 2. The van der Waals surface area contributed by atoms with Crippen molar-refractivity contribution in [1.29, 1.82) is 0 Å². The topological polar surface area (TPSA) is 17.8 Å². The Kier molecular flexibility index (Phi) is 3.80. The number of hydrogen-bond acceptors (Lipinski definition) is 1. The van der Waals surface area contributed by atoms with Crippen molar-refractivity contribution in [1.82, 2.24) is 9.55 Å². The molecule has 0 aliphatic heterocycles. The van der Waals surface area contributed by atoms with Crippen molar-refractivity contribution in [2.75, 3.05) is 0 Å². The Morgan fingerprint density at radius 3 is 2.30 bits per heavy atom. The van der Waals surface area contributed by atoms with Gasteiger partial charge in [-0.05, 0) is 25.3 Å². The lowest BCUT2D eigenvalue weighted by Crippen LogP contribution is -2.23. The number of fused-ring (bicyclic) bond motifs is 1. The van der Waals surface area contributed by atoms with Gasteiger partial charge in [0, 0.05) is 12.1 Å². The van der Waals surface area contributed by atoms with Crippen LogP contribution in [-0.4, -0.2) is 9.55 Å². The molecule has 0 aliphatic rings. The molecule has 2 unspecified atom stereocenters. The molecule has 110 valence electrons. The van der Waals surface area contributed by atoms with Crippen molar-refractivity contribution < 1.29 is 8.78 Å². The fourth-order valence-corrected chi connectivity index (χ4v) is 2.37. The van der Waals surface area contributed by atoms with Crippen molar-refractivity contribution in [2.45, 2.75) is 46.0 Å². The van der Waals surface area contributed by atoms with Gasteiger partial charge in [0.2, 0.25) is 0 Å². The van der Waals surface area contributed by atoms with Gasteiger partial charge in [0.25, 0.3) is 0 Å². The Labute approximate surface area is 122 Å². The molecule has 5 heteroatoms. The van der Waals surface area contributed by atoms with Gasteiger partial charge in [0.1, 0.15) is 17.2 Å². The van der Waals surface area contributed by atoms with Gasteiger partial charge < -0.3 is 4.57 Å². The summed E-state index contributed by atoms with van der Waals surface area (Å²) in [7, 11) is 0. The van der Waals surface area contributed by atoms with E-state index in [2.05, 4.69) is 25.8 Å². The van der Waals surface area contributed by atoms with Crippen molar-refractivity contribution in [2.24, 2.45) is 5.41 Å². The van der Waals surface area contributed by atoms with Gasteiger partial charge >= 0.3 is 0 Å². The monoisotopic (exact) mass is 300 g/mol. The van der Waals surface area contributed by atoms with E-state index in [-0.39, 0.29) is 22.4 Å². The molecule has 0 bridgehead atoms. The SMILES string of the molecule is CC(Cl)c1nc2c(F)cc(F)cc2n1C(C)C(C)(C)C. The van der Waals surface area contributed by atoms with Crippen LogP contribution in [0.1, 0.15) is 51.9 Å². The molecule has 2 rings (SSSR count). The van der Waals surface area contributed by atoms with Gasteiger partial charge in [-0.1, -0.05) is 20.8 Å².